The van der Waals surface area contributed by atoms with Gasteiger partial charge in [0.1, 0.15) is 0 Å². The van der Waals surface area contributed by atoms with E-state index in [4.69, 9.17) is 0 Å². The first-order chi connectivity index (χ1) is 12.6. The van der Waals surface area contributed by atoms with E-state index in [0.29, 0.717) is 11.5 Å². The molecule has 3 N–H and O–H groups in total. The average Bonchev–Trinajstić information content (AvgIpc) is 2.65. The number of amides is 2. The molecule has 132 valence electrons. The Labute approximate surface area is 152 Å². The highest BCUT2D eigenvalue weighted by Gasteiger charge is 2.04. The number of benzene rings is 2. The van der Waals surface area contributed by atoms with E-state index in [2.05, 4.69) is 33.1 Å². The van der Waals surface area contributed by atoms with Gasteiger partial charge in [0.25, 0.3) is 0 Å². The summed E-state index contributed by atoms with van der Waals surface area (Å²) in [7, 11) is 0. The molecule has 0 spiro atoms. The van der Waals surface area contributed by atoms with Gasteiger partial charge in [0.2, 0.25) is 0 Å². The third-order valence-electron chi connectivity index (χ3n) is 3.81. The fourth-order valence-electron chi connectivity index (χ4n) is 2.41. The number of carbonyl (C=O) groups excluding carboxylic acids is 1. The van der Waals surface area contributed by atoms with Crippen LogP contribution < -0.4 is 16.0 Å². The highest BCUT2D eigenvalue weighted by Crippen LogP contribution is 2.18. The summed E-state index contributed by atoms with van der Waals surface area (Å²) in [6.45, 7) is 3.97. The molecule has 3 aromatic rings. The number of hydrogen-bond acceptors (Lipinski definition) is 4. The summed E-state index contributed by atoms with van der Waals surface area (Å²) in [4.78, 5) is 12.1. The Morgan fingerprint density at radius 1 is 0.885 bits per heavy atom. The number of nitrogens with zero attached hydrogens (tertiary/aromatic N) is 2. The molecule has 0 radical (unpaired) electrons. The van der Waals surface area contributed by atoms with E-state index in [1.807, 2.05) is 67.6 Å². The molecule has 6 heteroatoms. The molecule has 0 fully saturated rings. The van der Waals surface area contributed by atoms with Crippen molar-refractivity contribution in [2.75, 3.05) is 16.0 Å². The van der Waals surface area contributed by atoms with Crippen LogP contribution in [0.4, 0.5) is 27.7 Å². The van der Waals surface area contributed by atoms with Gasteiger partial charge in [-0.2, -0.15) is 5.10 Å². The molecule has 0 saturated heterocycles. The molecular formula is C20H21N5O. The van der Waals surface area contributed by atoms with Gasteiger partial charge in [0, 0.05) is 17.1 Å². The molecule has 0 aliphatic rings. The minimum atomic E-state index is -0.275. The first-order valence-electron chi connectivity index (χ1n) is 8.47. The van der Waals surface area contributed by atoms with Crippen LogP contribution >= 0.6 is 0 Å². The van der Waals surface area contributed by atoms with Crippen molar-refractivity contribution >= 4 is 28.9 Å². The van der Waals surface area contributed by atoms with Crippen LogP contribution in [0.15, 0.2) is 60.7 Å². The Kier molecular flexibility index (Phi) is 5.43. The standard InChI is InChI=1S/C20H21N5O/c1-3-15-5-4-6-18(13-15)23-20(26)22-17-10-8-16(9-11-17)21-19-12-7-14(2)24-25-19/h4-13H,3H2,1-2H3,(H,21,25)(H2,22,23,26). The fourth-order valence-corrected chi connectivity index (χ4v) is 2.41. The maximum atomic E-state index is 12.1. The van der Waals surface area contributed by atoms with E-state index < -0.39 is 0 Å². The summed E-state index contributed by atoms with van der Waals surface area (Å²) in [5.74, 6) is 0.671. The Morgan fingerprint density at radius 2 is 1.62 bits per heavy atom. The largest absolute Gasteiger partial charge is 0.339 e. The Balaban J connectivity index is 1.58. The van der Waals surface area contributed by atoms with Gasteiger partial charge >= 0.3 is 6.03 Å². The molecule has 0 unspecified atom stereocenters. The maximum Gasteiger partial charge on any atom is 0.323 e. The number of nitrogens with one attached hydrogen (secondary N) is 3. The van der Waals surface area contributed by atoms with Crippen LogP contribution in [0.25, 0.3) is 0 Å². The summed E-state index contributed by atoms with van der Waals surface area (Å²) in [6.07, 6.45) is 0.928. The number of rotatable bonds is 5. The third-order valence-corrected chi connectivity index (χ3v) is 3.81. The Morgan fingerprint density at radius 3 is 2.31 bits per heavy atom. The molecule has 0 bridgehead atoms. The van der Waals surface area contributed by atoms with E-state index in [-0.39, 0.29) is 6.03 Å². The van der Waals surface area contributed by atoms with Crippen molar-refractivity contribution in [2.45, 2.75) is 20.3 Å². The number of carbonyl (C=O) groups is 1. The summed E-state index contributed by atoms with van der Waals surface area (Å²) in [5.41, 5.74) is 4.39. The summed E-state index contributed by atoms with van der Waals surface area (Å²) in [5, 5.41) is 16.9. The molecule has 1 heterocycles. The van der Waals surface area contributed by atoms with Gasteiger partial charge < -0.3 is 16.0 Å². The third kappa shape index (κ3) is 4.80. The zero-order valence-electron chi connectivity index (χ0n) is 14.8. The molecule has 2 amide bonds. The molecule has 2 aromatic carbocycles. The number of urea groups is 1. The van der Waals surface area contributed by atoms with E-state index in [0.717, 1.165) is 23.5 Å². The number of anilines is 4. The molecule has 26 heavy (non-hydrogen) atoms. The zero-order chi connectivity index (χ0) is 18.4. The second kappa shape index (κ2) is 8.11. The van der Waals surface area contributed by atoms with E-state index in [1.165, 1.54) is 5.56 Å². The number of aryl methyl sites for hydroxylation is 2. The van der Waals surface area contributed by atoms with Crippen molar-refractivity contribution in [1.82, 2.24) is 10.2 Å². The molecule has 1 aromatic heterocycles. The van der Waals surface area contributed by atoms with Crippen LogP contribution in [0, 0.1) is 6.92 Å². The average molecular weight is 347 g/mol. The zero-order valence-corrected chi connectivity index (χ0v) is 14.8. The monoisotopic (exact) mass is 347 g/mol. The van der Waals surface area contributed by atoms with E-state index in [9.17, 15) is 4.79 Å². The molecule has 0 aliphatic carbocycles. The van der Waals surface area contributed by atoms with Crippen LogP contribution in [-0.2, 0) is 6.42 Å². The molecular weight excluding hydrogens is 326 g/mol. The molecule has 3 rings (SSSR count). The normalized spacial score (nSPS) is 10.2. The van der Waals surface area contributed by atoms with Crippen molar-refractivity contribution in [3.63, 3.8) is 0 Å². The van der Waals surface area contributed by atoms with Gasteiger partial charge in [-0.15, -0.1) is 5.10 Å². The van der Waals surface area contributed by atoms with Gasteiger partial charge in [0.05, 0.1) is 5.69 Å². The van der Waals surface area contributed by atoms with Crippen molar-refractivity contribution in [1.29, 1.82) is 0 Å². The van der Waals surface area contributed by atoms with Crippen LogP contribution in [-0.4, -0.2) is 16.2 Å². The smallest absolute Gasteiger partial charge is 0.323 e. The minimum Gasteiger partial charge on any atom is -0.339 e. The lowest BCUT2D eigenvalue weighted by atomic mass is 10.1. The van der Waals surface area contributed by atoms with Crippen molar-refractivity contribution in [2.24, 2.45) is 0 Å². The summed E-state index contributed by atoms with van der Waals surface area (Å²) >= 11 is 0. The fraction of sp³-hybridized carbons (Fsp3) is 0.150. The molecule has 0 aliphatic heterocycles. The molecule has 6 nitrogen and oxygen atoms in total. The maximum absolute atomic E-state index is 12.1. The lowest BCUT2D eigenvalue weighted by molar-refractivity contribution is 0.262. The van der Waals surface area contributed by atoms with E-state index in [1.54, 1.807) is 0 Å². The number of aromatic nitrogens is 2. The molecule has 0 atom stereocenters. The van der Waals surface area contributed by atoms with Gasteiger partial charge in [-0.25, -0.2) is 4.79 Å². The van der Waals surface area contributed by atoms with E-state index >= 15 is 0 Å². The van der Waals surface area contributed by atoms with Crippen molar-refractivity contribution in [3.8, 4) is 0 Å². The highest BCUT2D eigenvalue weighted by molar-refractivity contribution is 5.99. The van der Waals surface area contributed by atoms with Crippen molar-refractivity contribution < 1.29 is 4.79 Å². The highest BCUT2D eigenvalue weighted by atomic mass is 16.2. The van der Waals surface area contributed by atoms with Crippen LogP contribution in [0.5, 0.6) is 0 Å². The molecule has 0 saturated carbocycles. The predicted molar refractivity (Wildman–Crippen MR) is 105 cm³/mol. The first-order valence-corrected chi connectivity index (χ1v) is 8.47. The second-order valence-electron chi connectivity index (χ2n) is 5.90. The Bertz CT molecular complexity index is 875. The summed E-state index contributed by atoms with van der Waals surface area (Å²) in [6, 6.07) is 18.7. The predicted octanol–water partition coefficient (Wildman–Crippen LogP) is 4.74. The van der Waals surface area contributed by atoms with Gasteiger partial charge in [-0.05, 0) is 67.4 Å². The van der Waals surface area contributed by atoms with Crippen LogP contribution in [0.2, 0.25) is 0 Å². The van der Waals surface area contributed by atoms with Crippen molar-refractivity contribution in [3.05, 3.63) is 71.9 Å². The van der Waals surface area contributed by atoms with Gasteiger partial charge in [0.15, 0.2) is 5.82 Å². The number of hydrogen-bond donors (Lipinski definition) is 3. The first kappa shape index (κ1) is 17.4. The van der Waals surface area contributed by atoms with Crippen LogP contribution in [0.3, 0.4) is 0 Å². The quantitative estimate of drug-likeness (QED) is 0.623. The lowest BCUT2D eigenvalue weighted by Crippen LogP contribution is -2.19. The lowest BCUT2D eigenvalue weighted by Gasteiger charge is -2.10. The Hall–Kier alpha value is -3.41. The van der Waals surface area contributed by atoms with Gasteiger partial charge in [-0.1, -0.05) is 19.1 Å². The SMILES string of the molecule is CCc1cccc(NC(=O)Nc2ccc(Nc3ccc(C)nn3)cc2)c1. The topological polar surface area (TPSA) is 78.9 Å². The van der Waals surface area contributed by atoms with Gasteiger partial charge in [-0.3, -0.25) is 0 Å². The van der Waals surface area contributed by atoms with Crippen LogP contribution in [0.1, 0.15) is 18.2 Å². The summed E-state index contributed by atoms with van der Waals surface area (Å²) < 4.78 is 0. The second-order valence-corrected chi connectivity index (χ2v) is 5.90. The minimum absolute atomic E-state index is 0.275.